The number of hydrogen-bond donors (Lipinski definition) is 1. The van der Waals surface area contributed by atoms with Gasteiger partial charge in [0.25, 0.3) is 0 Å². The van der Waals surface area contributed by atoms with E-state index < -0.39 is 0 Å². The first-order chi connectivity index (χ1) is 13.1. The Bertz CT molecular complexity index is 865. The van der Waals surface area contributed by atoms with Crippen molar-refractivity contribution < 1.29 is 4.79 Å². The van der Waals surface area contributed by atoms with E-state index in [9.17, 15) is 4.79 Å². The summed E-state index contributed by atoms with van der Waals surface area (Å²) in [6.07, 6.45) is 7.26. The fourth-order valence-corrected chi connectivity index (χ4v) is 5.07. The maximum Gasteiger partial charge on any atom is 0.248 e. The van der Waals surface area contributed by atoms with Gasteiger partial charge in [-0.25, -0.2) is 0 Å². The average molecular weight is 363 g/mol. The van der Waals surface area contributed by atoms with E-state index in [0.29, 0.717) is 5.56 Å². The molecule has 3 nitrogen and oxygen atoms in total. The largest absolute Gasteiger partial charge is 0.366 e. The summed E-state index contributed by atoms with van der Waals surface area (Å²) in [4.78, 5) is 14.4. The third-order valence-electron chi connectivity index (χ3n) is 6.59. The number of hydrogen-bond acceptors (Lipinski definition) is 2. The van der Waals surface area contributed by atoms with E-state index in [1.165, 1.54) is 73.0 Å². The molecule has 142 valence electrons. The van der Waals surface area contributed by atoms with Gasteiger partial charge in [0.1, 0.15) is 0 Å². The number of rotatable bonds is 4. The molecule has 1 aliphatic heterocycles. The molecule has 0 spiro atoms. The zero-order chi connectivity index (χ0) is 19.0. The molecule has 4 rings (SSSR count). The summed E-state index contributed by atoms with van der Waals surface area (Å²) in [6, 6.07) is 11.7. The van der Waals surface area contributed by atoms with Crippen molar-refractivity contribution in [2.75, 3.05) is 13.1 Å². The highest BCUT2D eigenvalue weighted by atomic mass is 16.1. The number of benzene rings is 2. The van der Waals surface area contributed by atoms with Crippen molar-refractivity contribution in [3.63, 3.8) is 0 Å². The SMILES string of the molecule is CCc1c(-c2ccc3c(c2)CCC(N2CCCC2)C3)ccc(C(N)=O)c1C. The Labute approximate surface area is 162 Å². The van der Waals surface area contributed by atoms with Crippen LogP contribution in [0, 0.1) is 6.92 Å². The van der Waals surface area contributed by atoms with E-state index in [-0.39, 0.29) is 5.91 Å². The summed E-state index contributed by atoms with van der Waals surface area (Å²) >= 11 is 0. The maximum atomic E-state index is 11.7. The Kier molecular flexibility index (Phi) is 5.05. The summed E-state index contributed by atoms with van der Waals surface area (Å²) in [7, 11) is 0. The van der Waals surface area contributed by atoms with E-state index in [1.54, 1.807) is 0 Å². The summed E-state index contributed by atoms with van der Waals surface area (Å²) in [5, 5.41) is 0. The Morgan fingerprint density at radius 2 is 1.93 bits per heavy atom. The highest BCUT2D eigenvalue weighted by Gasteiger charge is 2.26. The van der Waals surface area contributed by atoms with Gasteiger partial charge in [-0.15, -0.1) is 0 Å². The van der Waals surface area contributed by atoms with E-state index in [2.05, 4.69) is 36.1 Å². The number of nitrogens with two attached hydrogens (primary N) is 1. The van der Waals surface area contributed by atoms with Gasteiger partial charge in [0.2, 0.25) is 5.91 Å². The summed E-state index contributed by atoms with van der Waals surface area (Å²) in [5.41, 5.74) is 14.0. The van der Waals surface area contributed by atoms with Gasteiger partial charge in [0, 0.05) is 11.6 Å². The lowest BCUT2D eigenvalue weighted by molar-refractivity contribution is 0.0999. The molecular weight excluding hydrogens is 332 g/mol. The van der Waals surface area contributed by atoms with Crippen LogP contribution in [0.4, 0.5) is 0 Å². The molecule has 1 unspecified atom stereocenters. The van der Waals surface area contributed by atoms with E-state index in [0.717, 1.165) is 18.0 Å². The molecule has 2 aliphatic rings. The second kappa shape index (κ2) is 7.47. The van der Waals surface area contributed by atoms with Gasteiger partial charge >= 0.3 is 0 Å². The van der Waals surface area contributed by atoms with Crippen molar-refractivity contribution in [2.45, 2.75) is 58.4 Å². The van der Waals surface area contributed by atoms with Gasteiger partial charge in [-0.05, 0) is 98.0 Å². The molecule has 0 radical (unpaired) electrons. The van der Waals surface area contributed by atoms with Gasteiger partial charge in [0.05, 0.1) is 0 Å². The second-order valence-corrected chi connectivity index (χ2v) is 8.11. The molecule has 1 heterocycles. The number of aryl methyl sites for hydroxylation is 1. The minimum Gasteiger partial charge on any atom is -0.366 e. The molecule has 3 heteroatoms. The van der Waals surface area contributed by atoms with Crippen molar-refractivity contribution in [3.05, 3.63) is 58.1 Å². The Morgan fingerprint density at radius 3 is 2.63 bits per heavy atom. The van der Waals surface area contributed by atoms with Gasteiger partial charge in [0.15, 0.2) is 0 Å². The zero-order valence-electron chi connectivity index (χ0n) is 16.6. The summed E-state index contributed by atoms with van der Waals surface area (Å²) in [6.45, 7) is 6.73. The highest BCUT2D eigenvalue weighted by Crippen LogP contribution is 2.33. The number of likely N-dealkylation sites (tertiary alicyclic amines) is 1. The third kappa shape index (κ3) is 3.41. The van der Waals surface area contributed by atoms with Crippen LogP contribution in [0.5, 0.6) is 0 Å². The molecule has 0 saturated carbocycles. The minimum atomic E-state index is -0.341. The number of nitrogens with zero attached hydrogens (tertiary/aromatic N) is 1. The van der Waals surface area contributed by atoms with Crippen LogP contribution in [0.3, 0.4) is 0 Å². The van der Waals surface area contributed by atoms with Crippen LogP contribution in [-0.4, -0.2) is 29.9 Å². The van der Waals surface area contributed by atoms with Crippen molar-refractivity contribution >= 4 is 5.91 Å². The monoisotopic (exact) mass is 362 g/mol. The smallest absolute Gasteiger partial charge is 0.248 e. The highest BCUT2D eigenvalue weighted by molar-refractivity contribution is 5.95. The van der Waals surface area contributed by atoms with Crippen LogP contribution in [0.1, 0.15) is 58.8 Å². The van der Waals surface area contributed by atoms with Gasteiger partial charge in [-0.2, -0.15) is 0 Å². The average Bonchev–Trinajstić information content (AvgIpc) is 3.21. The lowest BCUT2D eigenvalue weighted by Gasteiger charge is -2.32. The zero-order valence-corrected chi connectivity index (χ0v) is 16.6. The van der Waals surface area contributed by atoms with Crippen LogP contribution in [0.25, 0.3) is 11.1 Å². The maximum absolute atomic E-state index is 11.7. The molecule has 0 aromatic heterocycles. The number of amides is 1. The number of fused-ring (bicyclic) bond motifs is 1. The van der Waals surface area contributed by atoms with Crippen LogP contribution in [0.15, 0.2) is 30.3 Å². The molecule has 1 atom stereocenters. The molecule has 2 aromatic carbocycles. The number of carbonyl (C=O) groups excluding carboxylic acids is 1. The van der Waals surface area contributed by atoms with Crippen LogP contribution in [0.2, 0.25) is 0 Å². The Morgan fingerprint density at radius 1 is 1.15 bits per heavy atom. The molecule has 27 heavy (non-hydrogen) atoms. The molecule has 1 aliphatic carbocycles. The van der Waals surface area contributed by atoms with Crippen molar-refractivity contribution in [1.29, 1.82) is 0 Å². The van der Waals surface area contributed by atoms with Crippen molar-refractivity contribution in [2.24, 2.45) is 5.73 Å². The van der Waals surface area contributed by atoms with Crippen molar-refractivity contribution in [1.82, 2.24) is 4.90 Å². The van der Waals surface area contributed by atoms with Crippen LogP contribution in [-0.2, 0) is 19.3 Å². The molecule has 1 fully saturated rings. The topological polar surface area (TPSA) is 46.3 Å². The number of primary amides is 1. The second-order valence-electron chi connectivity index (χ2n) is 8.11. The molecule has 2 N–H and O–H groups in total. The molecule has 0 bridgehead atoms. The normalized spacial score (nSPS) is 19.9. The first kappa shape index (κ1) is 18.2. The molecule has 2 aromatic rings. The quantitative estimate of drug-likeness (QED) is 0.882. The minimum absolute atomic E-state index is 0.341. The first-order valence-corrected chi connectivity index (χ1v) is 10.4. The predicted octanol–water partition coefficient (Wildman–Crippen LogP) is 4.28. The van der Waals surface area contributed by atoms with Crippen molar-refractivity contribution in [3.8, 4) is 11.1 Å². The fraction of sp³-hybridized carbons (Fsp3) is 0.458. The van der Waals surface area contributed by atoms with E-state index >= 15 is 0 Å². The standard InChI is InChI=1S/C24H30N2O/c1-3-21-16(2)22(24(25)27)10-11-23(21)19-7-6-18-15-20(9-8-17(18)14-19)26-12-4-5-13-26/h6-7,10-11,14,20H,3-5,8-9,12-13,15H2,1-2H3,(H2,25,27). The van der Waals surface area contributed by atoms with E-state index in [4.69, 9.17) is 5.73 Å². The van der Waals surface area contributed by atoms with E-state index in [1.807, 2.05) is 13.0 Å². The summed E-state index contributed by atoms with van der Waals surface area (Å²) in [5.74, 6) is -0.341. The lowest BCUT2D eigenvalue weighted by atomic mass is 9.84. The Balaban J connectivity index is 1.65. The van der Waals surface area contributed by atoms with Crippen LogP contribution >= 0.6 is 0 Å². The number of carbonyl (C=O) groups is 1. The molecular formula is C24H30N2O. The molecule has 1 amide bonds. The van der Waals surface area contributed by atoms with Gasteiger partial charge in [-0.1, -0.05) is 31.2 Å². The Hall–Kier alpha value is -2.13. The van der Waals surface area contributed by atoms with Gasteiger partial charge in [-0.3, -0.25) is 4.79 Å². The first-order valence-electron chi connectivity index (χ1n) is 10.4. The summed E-state index contributed by atoms with van der Waals surface area (Å²) < 4.78 is 0. The fourth-order valence-electron chi connectivity index (χ4n) is 5.07. The predicted molar refractivity (Wildman–Crippen MR) is 111 cm³/mol. The lowest BCUT2D eigenvalue weighted by Crippen LogP contribution is -2.37. The van der Waals surface area contributed by atoms with Gasteiger partial charge < -0.3 is 10.6 Å². The molecule has 1 saturated heterocycles. The third-order valence-corrected chi connectivity index (χ3v) is 6.59. The van der Waals surface area contributed by atoms with Crippen LogP contribution < -0.4 is 5.73 Å².